The largest absolute Gasteiger partial charge is 0.493 e. The van der Waals surface area contributed by atoms with E-state index in [1.165, 1.54) is 5.56 Å². The number of amides is 1. The van der Waals surface area contributed by atoms with E-state index in [1.54, 1.807) is 0 Å². The highest BCUT2D eigenvalue weighted by Crippen LogP contribution is 2.26. The number of benzene rings is 2. The lowest BCUT2D eigenvalue weighted by Gasteiger charge is -2.25. The maximum atomic E-state index is 12.4. The highest BCUT2D eigenvalue weighted by Gasteiger charge is 2.20. The Morgan fingerprint density at radius 1 is 1.23 bits per heavy atom. The van der Waals surface area contributed by atoms with E-state index in [0.29, 0.717) is 24.6 Å². The molecule has 0 fully saturated rings. The molecule has 26 heavy (non-hydrogen) atoms. The Balaban J connectivity index is 1.33. The van der Waals surface area contributed by atoms with Gasteiger partial charge in [-0.2, -0.15) is 5.10 Å². The van der Waals surface area contributed by atoms with Crippen molar-refractivity contribution in [1.29, 1.82) is 0 Å². The molecular weight excluding hydrogens is 326 g/mol. The van der Waals surface area contributed by atoms with Crippen molar-refractivity contribution in [1.82, 2.24) is 5.32 Å². The van der Waals surface area contributed by atoms with Gasteiger partial charge in [0.15, 0.2) is 0 Å². The summed E-state index contributed by atoms with van der Waals surface area (Å²) in [5.41, 5.74) is 4.05. The van der Waals surface area contributed by atoms with E-state index in [4.69, 9.17) is 4.74 Å². The number of nitrogens with zero attached hydrogens (tertiary/aromatic N) is 2. The van der Waals surface area contributed by atoms with Crippen molar-refractivity contribution >= 4 is 17.3 Å². The van der Waals surface area contributed by atoms with Gasteiger partial charge in [-0.05, 0) is 49.2 Å². The summed E-state index contributed by atoms with van der Waals surface area (Å²) in [6.07, 6.45) is 1.93. The number of hydrogen-bond donors (Lipinski definition) is 1. The van der Waals surface area contributed by atoms with E-state index in [2.05, 4.69) is 16.5 Å². The Kier molecular flexibility index (Phi) is 4.61. The van der Waals surface area contributed by atoms with Crippen molar-refractivity contribution in [2.45, 2.75) is 19.8 Å². The summed E-state index contributed by atoms with van der Waals surface area (Å²) >= 11 is 0. The molecule has 2 aliphatic rings. The number of anilines is 1. The standard InChI is InChI=1S/C21H23N3O2/c1-15-10-11-24(23-15)19-8-6-17(7-9-19)21(25)22-13-16-12-18-4-2-3-5-20(18)26-14-16/h2-9,16H,10-14H2,1H3,(H,22,25)/t16-/m0/s1. The molecule has 0 saturated heterocycles. The normalized spacial score (nSPS) is 18.7. The van der Waals surface area contributed by atoms with E-state index in [0.717, 1.165) is 36.5 Å². The second-order valence-corrected chi connectivity index (χ2v) is 6.95. The van der Waals surface area contributed by atoms with Crippen LogP contribution >= 0.6 is 0 Å². The molecule has 1 N–H and O–H groups in total. The number of carbonyl (C=O) groups is 1. The van der Waals surface area contributed by atoms with Gasteiger partial charge in [-0.3, -0.25) is 9.80 Å². The lowest BCUT2D eigenvalue weighted by atomic mass is 9.96. The number of hydrogen-bond acceptors (Lipinski definition) is 4. The summed E-state index contributed by atoms with van der Waals surface area (Å²) in [6.45, 7) is 4.20. The zero-order valence-electron chi connectivity index (χ0n) is 14.9. The number of fused-ring (bicyclic) bond motifs is 1. The summed E-state index contributed by atoms with van der Waals surface area (Å²) in [5.74, 6) is 1.22. The fraction of sp³-hybridized carbons (Fsp3) is 0.333. The van der Waals surface area contributed by atoms with E-state index >= 15 is 0 Å². The van der Waals surface area contributed by atoms with Gasteiger partial charge < -0.3 is 10.1 Å². The lowest BCUT2D eigenvalue weighted by Crippen LogP contribution is -2.34. The third-order valence-electron chi connectivity index (χ3n) is 4.91. The van der Waals surface area contributed by atoms with Crippen LogP contribution in [0.3, 0.4) is 0 Å². The van der Waals surface area contributed by atoms with Crippen molar-refractivity contribution < 1.29 is 9.53 Å². The SMILES string of the molecule is CC1=NN(c2ccc(C(=O)NC[C@H]3COc4ccccc4C3)cc2)CC1. The maximum Gasteiger partial charge on any atom is 0.251 e. The maximum absolute atomic E-state index is 12.4. The highest BCUT2D eigenvalue weighted by molar-refractivity contribution is 5.94. The molecule has 4 rings (SSSR count). The van der Waals surface area contributed by atoms with E-state index < -0.39 is 0 Å². The fourth-order valence-corrected chi connectivity index (χ4v) is 3.41. The molecule has 0 aromatic heterocycles. The predicted octanol–water partition coefficient (Wildman–Crippen LogP) is 3.25. The summed E-state index contributed by atoms with van der Waals surface area (Å²) in [6, 6.07) is 15.7. The number of carbonyl (C=O) groups excluding carboxylic acids is 1. The summed E-state index contributed by atoms with van der Waals surface area (Å²) in [5, 5.41) is 9.50. The molecule has 1 amide bonds. The molecule has 0 aliphatic carbocycles. The Morgan fingerprint density at radius 2 is 2.04 bits per heavy atom. The number of ether oxygens (including phenoxy) is 1. The average Bonchev–Trinajstić information content (AvgIpc) is 3.12. The van der Waals surface area contributed by atoms with Gasteiger partial charge in [0.05, 0.1) is 12.3 Å². The van der Waals surface area contributed by atoms with Crippen LogP contribution in [0.25, 0.3) is 0 Å². The first-order chi connectivity index (χ1) is 12.7. The second kappa shape index (κ2) is 7.20. The molecule has 2 aromatic rings. The first-order valence-electron chi connectivity index (χ1n) is 9.09. The monoisotopic (exact) mass is 349 g/mol. The van der Waals surface area contributed by atoms with Gasteiger partial charge in [0.25, 0.3) is 5.91 Å². The molecule has 0 bridgehead atoms. The average molecular weight is 349 g/mol. The minimum atomic E-state index is -0.0449. The summed E-state index contributed by atoms with van der Waals surface area (Å²) < 4.78 is 5.79. The Labute approximate surface area is 153 Å². The minimum Gasteiger partial charge on any atom is -0.493 e. The van der Waals surface area contributed by atoms with Crippen LogP contribution in [0.2, 0.25) is 0 Å². The predicted molar refractivity (Wildman–Crippen MR) is 103 cm³/mol. The molecule has 0 radical (unpaired) electrons. The Bertz CT molecular complexity index is 829. The first kappa shape index (κ1) is 16.6. The number of para-hydroxylation sites is 1. The van der Waals surface area contributed by atoms with Crippen LogP contribution in [0, 0.1) is 5.92 Å². The molecule has 2 heterocycles. The lowest BCUT2D eigenvalue weighted by molar-refractivity contribution is 0.0939. The first-order valence-corrected chi connectivity index (χ1v) is 9.09. The molecule has 2 aliphatic heterocycles. The van der Waals surface area contributed by atoms with E-state index in [-0.39, 0.29) is 5.91 Å². The molecule has 0 saturated carbocycles. The van der Waals surface area contributed by atoms with Gasteiger partial charge >= 0.3 is 0 Å². The van der Waals surface area contributed by atoms with Gasteiger partial charge in [0.1, 0.15) is 5.75 Å². The topological polar surface area (TPSA) is 53.9 Å². The quantitative estimate of drug-likeness (QED) is 0.922. The Hall–Kier alpha value is -2.82. The van der Waals surface area contributed by atoms with E-state index in [9.17, 15) is 4.79 Å². The van der Waals surface area contributed by atoms with E-state index in [1.807, 2.05) is 54.4 Å². The van der Waals surface area contributed by atoms with Gasteiger partial charge in [-0.15, -0.1) is 0 Å². The van der Waals surface area contributed by atoms with Gasteiger partial charge in [-0.1, -0.05) is 18.2 Å². The molecule has 2 aromatic carbocycles. The number of rotatable bonds is 4. The molecule has 0 unspecified atom stereocenters. The molecule has 0 spiro atoms. The highest BCUT2D eigenvalue weighted by atomic mass is 16.5. The van der Waals surface area contributed by atoms with Crippen molar-refractivity contribution in [2.75, 3.05) is 24.7 Å². The zero-order chi connectivity index (χ0) is 17.9. The fourth-order valence-electron chi connectivity index (χ4n) is 3.41. The zero-order valence-corrected chi connectivity index (χ0v) is 14.9. The molecule has 134 valence electrons. The minimum absolute atomic E-state index is 0.0449. The van der Waals surface area contributed by atoms with Crippen molar-refractivity contribution in [3.05, 3.63) is 59.7 Å². The number of hydrazone groups is 1. The third kappa shape index (κ3) is 3.57. The molecule has 5 heteroatoms. The third-order valence-corrected chi connectivity index (χ3v) is 4.91. The van der Waals surface area contributed by atoms with Crippen molar-refractivity contribution in [3.8, 4) is 5.75 Å². The number of nitrogens with one attached hydrogen (secondary N) is 1. The second-order valence-electron chi connectivity index (χ2n) is 6.95. The van der Waals surface area contributed by atoms with Crippen LogP contribution in [0.5, 0.6) is 5.75 Å². The summed E-state index contributed by atoms with van der Waals surface area (Å²) in [4.78, 5) is 12.4. The van der Waals surface area contributed by atoms with Crippen LogP contribution in [0.1, 0.15) is 29.3 Å². The van der Waals surface area contributed by atoms with Crippen LogP contribution in [0.15, 0.2) is 53.6 Å². The van der Waals surface area contributed by atoms with Crippen LogP contribution in [-0.4, -0.2) is 31.3 Å². The van der Waals surface area contributed by atoms with Gasteiger partial charge in [0.2, 0.25) is 0 Å². The molecule has 5 nitrogen and oxygen atoms in total. The van der Waals surface area contributed by atoms with Crippen LogP contribution in [-0.2, 0) is 6.42 Å². The van der Waals surface area contributed by atoms with Gasteiger partial charge in [0, 0.05) is 36.7 Å². The molecular formula is C21H23N3O2. The summed E-state index contributed by atoms with van der Waals surface area (Å²) in [7, 11) is 0. The van der Waals surface area contributed by atoms with Crippen molar-refractivity contribution in [3.63, 3.8) is 0 Å². The van der Waals surface area contributed by atoms with Crippen LogP contribution in [0.4, 0.5) is 5.69 Å². The smallest absolute Gasteiger partial charge is 0.251 e. The van der Waals surface area contributed by atoms with Crippen molar-refractivity contribution in [2.24, 2.45) is 11.0 Å². The van der Waals surface area contributed by atoms with Gasteiger partial charge in [-0.25, -0.2) is 0 Å². The van der Waals surface area contributed by atoms with Crippen LogP contribution < -0.4 is 15.1 Å². The Morgan fingerprint density at radius 3 is 2.81 bits per heavy atom. The molecule has 1 atom stereocenters.